The third kappa shape index (κ3) is 6.58. The molecule has 2 aliphatic rings. The van der Waals surface area contributed by atoms with Crippen LogP contribution in [0.15, 0.2) is 59.7 Å². The van der Waals surface area contributed by atoms with Gasteiger partial charge in [-0.05, 0) is 47.9 Å². The Kier molecular flexibility index (Phi) is 10.2. The first-order valence-electron chi connectivity index (χ1n) is 14.0. The van der Waals surface area contributed by atoms with Gasteiger partial charge in [-0.2, -0.15) is 0 Å². The zero-order chi connectivity index (χ0) is 27.1. The summed E-state index contributed by atoms with van der Waals surface area (Å²) in [5.41, 5.74) is 1.93. The van der Waals surface area contributed by atoms with Gasteiger partial charge in [0, 0.05) is 17.4 Å². The van der Waals surface area contributed by atoms with Crippen molar-refractivity contribution in [2.75, 3.05) is 13.2 Å². The molecular formula is C32H38F4O2. The van der Waals surface area contributed by atoms with Gasteiger partial charge >= 0.3 is 0 Å². The largest absolute Gasteiger partial charge is 0.352 e. The van der Waals surface area contributed by atoms with Crippen molar-refractivity contribution in [2.24, 2.45) is 5.92 Å². The summed E-state index contributed by atoms with van der Waals surface area (Å²) in [6, 6.07) is 9.84. The average Bonchev–Trinajstić information content (AvgIpc) is 2.93. The van der Waals surface area contributed by atoms with E-state index in [0.717, 1.165) is 44.9 Å². The third-order valence-corrected chi connectivity index (χ3v) is 7.61. The smallest absolute Gasteiger partial charge is 0.166 e. The minimum Gasteiger partial charge on any atom is -0.352 e. The Bertz CT molecular complexity index is 1130. The van der Waals surface area contributed by atoms with Gasteiger partial charge in [0.05, 0.1) is 13.2 Å². The normalized spacial score (nSPS) is 22.1. The molecule has 0 bridgehead atoms. The fourth-order valence-electron chi connectivity index (χ4n) is 5.30. The zero-order valence-electron chi connectivity index (χ0n) is 22.4. The van der Waals surface area contributed by atoms with Gasteiger partial charge in [-0.25, -0.2) is 17.6 Å². The third-order valence-electron chi connectivity index (χ3n) is 7.61. The minimum atomic E-state index is -0.871. The van der Waals surface area contributed by atoms with Crippen molar-refractivity contribution < 1.29 is 27.0 Å². The number of hydrogen-bond donors (Lipinski definition) is 0. The van der Waals surface area contributed by atoms with Gasteiger partial charge in [0.15, 0.2) is 23.8 Å². The molecule has 0 spiro atoms. The Morgan fingerprint density at radius 3 is 2.18 bits per heavy atom. The summed E-state index contributed by atoms with van der Waals surface area (Å²) in [5, 5.41) is 0. The van der Waals surface area contributed by atoms with Crippen LogP contribution >= 0.6 is 0 Å². The van der Waals surface area contributed by atoms with E-state index in [9.17, 15) is 8.78 Å². The van der Waals surface area contributed by atoms with Crippen LogP contribution in [0.5, 0.6) is 0 Å². The number of allylic oxidation sites excluding steroid dienone is 3. The van der Waals surface area contributed by atoms with Crippen LogP contribution in [0.3, 0.4) is 0 Å². The summed E-state index contributed by atoms with van der Waals surface area (Å²) in [7, 11) is 0. The lowest BCUT2D eigenvalue weighted by Crippen LogP contribution is -2.33. The van der Waals surface area contributed by atoms with Crippen molar-refractivity contribution in [2.45, 2.75) is 83.8 Å². The molecule has 2 nitrogen and oxygen atoms in total. The van der Waals surface area contributed by atoms with E-state index in [1.165, 1.54) is 0 Å². The van der Waals surface area contributed by atoms with Gasteiger partial charge in [0.25, 0.3) is 0 Å². The van der Waals surface area contributed by atoms with Crippen LogP contribution in [0.4, 0.5) is 17.6 Å². The molecule has 1 fully saturated rings. The van der Waals surface area contributed by atoms with E-state index in [1.54, 1.807) is 42.5 Å². The number of unbranched alkanes of at least 4 members (excludes halogenated alkanes) is 4. The van der Waals surface area contributed by atoms with Gasteiger partial charge in [-0.15, -0.1) is 0 Å². The predicted molar refractivity (Wildman–Crippen MR) is 143 cm³/mol. The average molecular weight is 531 g/mol. The molecule has 0 radical (unpaired) electrons. The molecule has 0 aromatic heterocycles. The van der Waals surface area contributed by atoms with Crippen molar-refractivity contribution in [3.63, 3.8) is 0 Å². The molecule has 0 N–H and O–H groups in total. The Hall–Kier alpha value is -2.44. The monoisotopic (exact) mass is 530 g/mol. The highest BCUT2D eigenvalue weighted by Crippen LogP contribution is 2.42. The number of rotatable bonds is 11. The van der Waals surface area contributed by atoms with Crippen molar-refractivity contribution in [3.05, 3.63) is 82.5 Å². The van der Waals surface area contributed by atoms with Gasteiger partial charge < -0.3 is 9.47 Å². The molecular weight excluding hydrogens is 492 g/mol. The molecule has 0 amide bonds. The Labute approximate surface area is 223 Å². The number of halogens is 4. The second kappa shape index (κ2) is 13.6. The molecule has 38 heavy (non-hydrogen) atoms. The lowest BCUT2D eigenvalue weighted by atomic mass is 9.84. The van der Waals surface area contributed by atoms with E-state index in [2.05, 4.69) is 6.92 Å². The molecule has 2 aromatic rings. The Balaban J connectivity index is 1.42. The van der Waals surface area contributed by atoms with Gasteiger partial charge in [0.2, 0.25) is 0 Å². The van der Waals surface area contributed by atoms with E-state index < -0.39 is 29.2 Å². The highest BCUT2D eigenvalue weighted by Gasteiger charge is 2.33. The summed E-state index contributed by atoms with van der Waals surface area (Å²) in [4.78, 5) is 0. The van der Waals surface area contributed by atoms with Crippen LogP contribution < -0.4 is 0 Å². The van der Waals surface area contributed by atoms with E-state index >= 15 is 8.78 Å². The Morgan fingerprint density at radius 2 is 1.50 bits per heavy atom. The van der Waals surface area contributed by atoms with Crippen molar-refractivity contribution in [3.8, 4) is 11.1 Å². The highest BCUT2D eigenvalue weighted by atomic mass is 19.2. The SMILES string of the molecule is CCCCCCCc1ccc(-c2ccc(C3CC=C(C4COC(CCC)OC4)C(F)=C3F)cc2)c(F)c1F. The minimum absolute atomic E-state index is 0.162. The van der Waals surface area contributed by atoms with Crippen molar-refractivity contribution in [1.82, 2.24) is 0 Å². The molecule has 206 valence electrons. The van der Waals surface area contributed by atoms with Crippen LogP contribution in [-0.2, 0) is 15.9 Å². The van der Waals surface area contributed by atoms with Gasteiger partial charge in [0.1, 0.15) is 5.83 Å². The fraction of sp³-hybridized carbons (Fsp3) is 0.500. The molecule has 2 aromatic carbocycles. The van der Waals surface area contributed by atoms with Crippen molar-refractivity contribution in [1.29, 1.82) is 0 Å². The highest BCUT2D eigenvalue weighted by molar-refractivity contribution is 5.65. The first-order chi connectivity index (χ1) is 18.4. The summed E-state index contributed by atoms with van der Waals surface area (Å²) in [6.07, 6.45) is 9.18. The molecule has 1 atom stereocenters. The van der Waals surface area contributed by atoms with E-state index in [4.69, 9.17) is 9.47 Å². The molecule has 1 unspecified atom stereocenters. The summed E-state index contributed by atoms with van der Waals surface area (Å²) < 4.78 is 71.2. The van der Waals surface area contributed by atoms with E-state index in [-0.39, 0.29) is 17.8 Å². The van der Waals surface area contributed by atoms with E-state index in [1.807, 2.05) is 6.92 Å². The van der Waals surface area contributed by atoms with Gasteiger partial charge in [-0.3, -0.25) is 0 Å². The number of aryl methyl sites for hydroxylation is 1. The fourth-order valence-corrected chi connectivity index (χ4v) is 5.30. The van der Waals surface area contributed by atoms with E-state index in [0.29, 0.717) is 48.3 Å². The number of benzene rings is 2. The maximum absolute atomic E-state index is 15.2. The van der Waals surface area contributed by atoms with Crippen molar-refractivity contribution >= 4 is 0 Å². The lowest BCUT2D eigenvalue weighted by Gasteiger charge is -2.32. The maximum Gasteiger partial charge on any atom is 0.166 e. The number of hydrogen-bond acceptors (Lipinski definition) is 2. The molecule has 1 saturated heterocycles. The molecule has 1 aliphatic carbocycles. The van der Waals surface area contributed by atoms with Crippen LogP contribution in [0.1, 0.15) is 82.3 Å². The zero-order valence-corrected chi connectivity index (χ0v) is 22.4. The molecule has 0 saturated carbocycles. The molecule has 6 heteroatoms. The molecule has 4 rings (SSSR count). The van der Waals surface area contributed by atoms with Crippen LogP contribution in [0.25, 0.3) is 11.1 Å². The first kappa shape index (κ1) is 28.6. The van der Waals surface area contributed by atoms with Crippen LogP contribution in [0.2, 0.25) is 0 Å². The maximum atomic E-state index is 15.2. The predicted octanol–water partition coefficient (Wildman–Crippen LogP) is 9.50. The summed E-state index contributed by atoms with van der Waals surface area (Å²) in [6.45, 7) is 4.78. The summed E-state index contributed by atoms with van der Waals surface area (Å²) in [5.74, 6) is -4.44. The second-order valence-electron chi connectivity index (χ2n) is 10.4. The van der Waals surface area contributed by atoms with Gasteiger partial charge in [-0.1, -0.05) is 88.4 Å². The quantitative estimate of drug-likeness (QED) is 0.213. The van der Waals surface area contributed by atoms with Crippen LogP contribution in [0, 0.1) is 17.6 Å². The Morgan fingerprint density at radius 1 is 0.789 bits per heavy atom. The second-order valence-corrected chi connectivity index (χ2v) is 10.4. The summed E-state index contributed by atoms with van der Waals surface area (Å²) >= 11 is 0. The molecule has 1 heterocycles. The van der Waals surface area contributed by atoms with Crippen LogP contribution in [-0.4, -0.2) is 19.5 Å². The topological polar surface area (TPSA) is 18.5 Å². The molecule has 1 aliphatic heterocycles. The standard InChI is InChI=1S/C32H38F4O2/c1-3-5-6-7-8-10-23-15-16-25(30(34)29(23)33)21-11-13-22(14-12-21)26-17-18-27(32(36)31(26)35)24-19-37-28(9-4-2)38-20-24/h11-16,18,24,26,28H,3-10,17,19-20H2,1-2H3. The number of ether oxygens (including phenoxy) is 2. The lowest BCUT2D eigenvalue weighted by molar-refractivity contribution is -0.197. The first-order valence-corrected chi connectivity index (χ1v) is 14.0.